The van der Waals surface area contributed by atoms with E-state index in [9.17, 15) is 0 Å². The fraction of sp³-hybridized carbons (Fsp3) is 0.571. The molecule has 1 unspecified atom stereocenters. The van der Waals surface area contributed by atoms with Crippen LogP contribution < -0.4 is 10.2 Å². The molecule has 0 amide bonds. The summed E-state index contributed by atoms with van der Waals surface area (Å²) in [6.07, 6.45) is 4.01. The molecule has 0 bridgehead atoms. The summed E-state index contributed by atoms with van der Waals surface area (Å²) in [4.78, 5) is 2.42. The van der Waals surface area contributed by atoms with Crippen LogP contribution in [0.5, 0.6) is 0 Å². The van der Waals surface area contributed by atoms with E-state index in [2.05, 4.69) is 28.4 Å². The number of methoxy groups -OCH3 is 1. The standard InChI is InChI=1S/C14H20N2O/c1-17-13-6-8-16(10-13)12-5-4-11-3-2-7-15-14(11)9-12/h4-5,9,13,15H,2-3,6-8,10H2,1H3. The first kappa shape index (κ1) is 10.9. The highest BCUT2D eigenvalue weighted by molar-refractivity contribution is 5.63. The van der Waals surface area contributed by atoms with Crippen molar-refractivity contribution in [1.29, 1.82) is 0 Å². The van der Waals surface area contributed by atoms with Gasteiger partial charge in [0.1, 0.15) is 0 Å². The van der Waals surface area contributed by atoms with Gasteiger partial charge in [0.25, 0.3) is 0 Å². The summed E-state index contributed by atoms with van der Waals surface area (Å²) in [6.45, 7) is 3.24. The summed E-state index contributed by atoms with van der Waals surface area (Å²) in [5.41, 5.74) is 4.12. The molecule has 1 aromatic rings. The minimum absolute atomic E-state index is 0.402. The first-order valence-electron chi connectivity index (χ1n) is 6.51. The summed E-state index contributed by atoms with van der Waals surface area (Å²) >= 11 is 0. The van der Waals surface area contributed by atoms with Crippen LogP contribution in [0.2, 0.25) is 0 Å². The maximum Gasteiger partial charge on any atom is 0.0762 e. The van der Waals surface area contributed by atoms with Crippen LogP contribution in [-0.2, 0) is 11.2 Å². The summed E-state index contributed by atoms with van der Waals surface area (Å²) in [5, 5.41) is 3.49. The normalized spacial score (nSPS) is 23.4. The Morgan fingerprint density at radius 2 is 2.35 bits per heavy atom. The Bertz CT molecular complexity index is 405. The third kappa shape index (κ3) is 2.12. The Kier molecular flexibility index (Phi) is 2.93. The molecule has 1 atom stereocenters. The molecule has 0 radical (unpaired) electrons. The van der Waals surface area contributed by atoms with Gasteiger partial charge in [0.05, 0.1) is 6.10 Å². The molecule has 1 fully saturated rings. The summed E-state index contributed by atoms with van der Waals surface area (Å²) in [7, 11) is 1.81. The smallest absolute Gasteiger partial charge is 0.0762 e. The molecule has 2 aliphatic rings. The van der Waals surface area contributed by atoms with E-state index in [1.807, 2.05) is 7.11 Å². The number of rotatable bonds is 2. The van der Waals surface area contributed by atoms with Crippen molar-refractivity contribution in [1.82, 2.24) is 0 Å². The second-order valence-corrected chi connectivity index (χ2v) is 4.96. The molecule has 0 aliphatic carbocycles. The fourth-order valence-corrected chi connectivity index (χ4v) is 2.80. The van der Waals surface area contributed by atoms with Gasteiger partial charge in [-0.3, -0.25) is 0 Å². The second-order valence-electron chi connectivity index (χ2n) is 4.96. The van der Waals surface area contributed by atoms with Gasteiger partial charge in [-0.05, 0) is 37.0 Å². The molecule has 3 heteroatoms. The van der Waals surface area contributed by atoms with Crippen LogP contribution in [0.3, 0.4) is 0 Å². The summed E-state index contributed by atoms with van der Waals surface area (Å²) in [6, 6.07) is 6.83. The molecule has 0 spiro atoms. The molecule has 17 heavy (non-hydrogen) atoms. The molecule has 1 aromatic carbocycles. The van der Waals surface area contributed by atoms with Crippen molar-refractivity contribution >= 4 is 11.4 Å². The second kappa shape index (κ2) is 4.57. The lowest BCUT2D eigenvalue weighted by atomic mass is 10.0. The predicted molar refractivity (Wildman–Crippen MR) is 70.9 cm³/mol. The van der Waals surface area contributed by atoms with E-state index < -0.39 is 0 Å². The van der Waals surface area contributed by atoms with Gasteiger partial charge in [-0.1, -0.05) is 6.07 Å². The summed E-state index contributed by atoms with van der Waals surface area (Å²) < 4.78 is 5.42. The Morgan fingerprint density at radius 3 is 3.18 bits per heavy atom. The number of benzene rings is 1. The molecule has 2 heterocycles. The van der Waals surface area contributed by atoms with Crippen molar-refractivity contribution < 1.29 is 4.74 Å². The lowest BCUT2D eigenvalue weighted by Crippen LogP contribution is -2.22. The van der Waals surface area contributed by atoms with Crippen molar-refractivity contribution in [3.05, 3.63) is 23.8 Å². The lowest BCUT2D eigenvalue weighted by Gasteiger charge is -2.23. The van der Waals surface area contributed by atoms with Crippen LogP contribution >= 0.6 is 0 Å². The Labute approximate surface area is 103 Å². The van der Waals surface area contributed by atoms with E-state index in [0.717, 1.165) is 26.1 Å². The predicted octanol–water partition coefficient (Wildman–Crippen LogP) is 2.27. The third-order valence-corrected chi connectivity index (χ3v) is 3.88. The fourth-order valence-electron chi connectivity index (χ4n) is 2.80. The molecule has 3 rings (SSSR count). The molecule has 1 saturated heterocycles. The first-order chi connectivity index (χ1) is 8.36. The lowest BCUT2D eigenvalue weighted by molar-refractivity contribution is 0.121. The molecule has 0 saturated carbocycles. The third-order valence-electron chi connectivity index (χ3n) is 3.88. The van der Waals surface area contributed by atoms with Crippen molar-refractivity contribution in [3.63, 3.8) is 0 Å². The van der Waals surface area contributed by atoms with Crippen LogP contribution in [0, 0.1) is 0 Å². The number of ether oxygens (including phenoxy) is 1. The van der Waals surface area contributed by atoms with Crippen molar-refractivity contribution in [2.75, 3.05) is 37.0 Å². The zero-order valence-corrected chi connectivity index (χ0v) is 10.4. The largest absolute Gasteiger partial charge is 0.385 e. The van der Waals surface area contributed by atoms with Gasteiger partial charge < -0.3 is 15.0 Å². The monoisotopic (exact) mass is 232 g/mol. The van der Waals surface area contributed by atoms with Gasteiger partial charge in [-0.2, -0.15) is 0 Å². The number of aryl methyl sites for hydroxylation is 1. The molecule has 0 aromatic heterocycles. The highest BCUT2D eigenvalue weighted by Crippen LogP contribution is 2.29. The van der Waals surface area contributed by atoms with Gasteiger partial charge in [-0.15, -0.1) is 0 Å². The number of hydrogen-bond donors (Lipinski definition) is 1. The number of anilines is 2. The topological polar surface area (TPSA) is 24.5 Å². The maximum atomic E-state index is 5.42. The molecule has 2 aliphatic heterocycles. The maximum absolute atomic E-state index is 5.42. The van der Waals surface area contributed by atoms with Crippen molar-refractivity contribution in [2.45, 2.75) is 25.4 Å². The Hall–Kier alpha value is -1.22. The number of fused-ring (bicyclic) bond motifs is 1. The van der Waals surface area contributed by atoms with Gasteiger partial charge in [-0.25, -0.2) is 0 Å². The first-order valence-corrected chi connectivity index (χ1v) is 6.51. The molecule has 1 N–H and O–H groups in total. The zero-order valence-electron chi connectivity index (χ0n) is 10.4. The van der Waals surface area contributed by atoms with Crippen LogP contribution in [0.4, 0.5) is 11.4 Å². The zero-order chi connectivity index (χ0) is 11.7. The quantitative estimate of drug-likeness (QED) is 0.846. The van der Waals surface area contributed by atoms with Gasteiger partial charge in [0.2, 0.25) is 0 Å². The van der Waals surface area contributed by atoms with Crippen molar-refractivity contribution in [2.24, 2.45) is 0 Å². The SMILES string of the molecule is COC1CCN(c2ccc3c(c2)NCCC3)C1. The molecular weight excluding hydrogens is 212 g/mol. The van der Waals surface area contributed by atoms with E-state index in [1.165, 1.54) is 29.8 Å². The minimum Gasteiger partial charge on any atom is -0.385 e. The van der Waals surface area contributed by atoms with Crippen LogP contribution in [-0.4, -0.2) is 32.8 Å². The van der Waals surface area contributed by atoms with E-state index in [-0.39, 0.29) is 0 Å². The Morgan fingerprint density at radius 1 is 1.41 bits per heavy atom. The van der Waals surface area contributed by atoms with Crippen LogP contribution in [0.15, 0.2) is 18.2 Å². The Balaban J connectivity index is 1.79. The van der Waals surface area contributed by atoms with E-state index in [4.69, 9.17) is 4.74 Å². The minimum atomic E-state index is 0.402. The average Bonchev–Trinajstić information content (AvgIpc) is 2.87. The molecular formula is C14H20N2O. The highest BCUT2D eigenvalue weighted by Gasteiger charge is 2.22. The van der Waals surface area contributed by atoms with Gasteiger partial charge in [0.15, 0.2) is 0 Å². The molecule has 92 valence electrons. The van der Waals surface area contributed by atoms with E-state index >= 15 is 0 Å². The number of nitrogens with one attached hydrogen (secondary N) is 1. The average molecular weight is 232 g/mol. The summed E-state index contributed by atoms with van der Waals surface area (Å²) in [5.74, 6) is 0. The van der Waals surface area contributed by atoms with Gasteiger partial charge in [0, 0.05) is 38.1 Å². The van der Waals surface area contributed by atoms with E-state index in [1.54, 1.807) is 0 Å². The number of nitrogens with zero attached hydrogens (tertiary/aromatic N) is 1. The van der Waals surface area contributed by atoms with Gasteiger partial charge >= 0.3 is 0 Å². The van der Waals surface area contributed by atoms with Crippen molar-refractivity contribution in [3.8, 4) is 0 Å². The highest BCUT2D eigenvalue weighted by atomic mass is 16.5. The van der Waals surface area contributed by atoms with E-state index in [0.29, 0.717) is 6.10 Å². The van der Waals surface area contributed by atoms with Crippen LogP contribution in [0.1, 0.15) is 18.4 Å². The molecule has 3 nitrogen and oxygen atoms in total. The number of hydrogen-bond acceptors (Lipinski definition) is 3. The van der Waals surface area contributed by atoms with Crippen LogP contribution in [0.25, 0.3) is 0 Å².